The summed E-state index contributed by atoms with van der Waals surface area (Å²) in [5, 5.41) is 2.74. The molecule has 0 atom stereocenters. The summed E-state index contributed by atoms with van der Waals surface area (Å²) in [5.41, 5.74) is 0.391. The molecule has 5 nitrogen and oxygen atoms in total. The van der Waals surface area contributed by atoms with E-state index in [1.807, 2.05) is 0 Å². The van der Waals surface area contributed by atoms with Crippen LogP contribution >= 0.6 is 0 Å². The Balaban J connectivity index is 2.55. The zero-order valence-electron chi connectivity index (χ0n) is 11.3. The highest BCUT2D eigenvalue weighted by atomic mass is 16.5. The maximum absolute atomic E-state index is 11.5. The zero-order chi connectivity index (χ0) is 14.1. The Morgan fingerprint density at radius 3 is 2.84 bits per heavy atom. The van der Waals surface area contributed by atoms with Crippen molar-refractivity contribution in [2.24, 2.45) is 0 Å². The molecule has 0 saturated carbocycles. The average Bonchev–Trinajstić information content (AvgIpc) is 2.45. The Morgan fingerprint density at radius 1 is 1.42 bits per heavy atom. The molecule has 1 N–H and O–H groups in total. The lowest BCUT2D eigenvalue weighted by molar-refractivity contribution is -0.123. The minimum atomic E-state index is -0.201. The van der Waals surface area contributed by atoms with Gasteiger partial charge in [-0.2, -0.15) is 0 Å². The molecule has 0 aliphatic heterocycles. The molecule has 1 amide bonds. The van der Waals surface area contributed by atoms with Crippen LogP contribution in [0.15, 0.2) is 18.2 Å². The molecule has 0 fully saturated rings. The Labute approximate surface area is 112 Å². The monoisotopic (exact) mass is 265 g/mol. The third-order valence-electron chi connectivity index (χ3n) is 2.56. The van der Waals surface area contributed by atoms with Crippen LogP contribution in [-0.2, 0) is 4.79 Å². The summed E-state index contributed by atoms with van der Waals surface area (Å²) in [7, 11) is 1.52. The number of rotatable bonds is 8. The number of amides is 1. The van der Waals surface area contributed by atoms with E-state index in [0.29, 0.717) is 29.9 Å². The van der Waals surface area contributed by atoms with E-state index in [1.165, 1.54) is 7.11 Å². The second-order valence-corrected chi connectivity index (χ2v) is 4.01. The van der Waals surface area contributed by atoms with Crippen LogP contribution in [-0.4, -0.2) is 32.5 Å². The molecule has 0 saturated heterocycles. The molecular formula is C14H19NO4. The predicted octanol–water partition coefficient (Wildman–Crippen LogP) is 1.80. The number of benzene rings is 1. The van der Waals surface area contributed by atoms with Crippen LogP contribution in [0.25, 0.3) is 0 Å². The minimum Gasteiger partial charge on any atom is -0.497 e. The molecule has 0 heterocycles. The van der Waals surface area contributed by atoms with E-state index < -0.39 is 0 Å². The third-order valence-corrected chi connectivity index (χ3v) is 2.56. The number of aldehydes is 1. The Hall–Kier alpha value is -2.04. The molecule has 0 aromatic heterocycles. The standard InChI is InChI=1S/C14H19NO4/c1-3-4-7-15-14(17)10-19-13-8-12(18-2)6-5-11(13)9-16/h5-6,8-9H,3-4,7,10H2,1-2H3,(H,15,17). The molecule has 19 heavy (non-hydrogen) atoms. The maximum atomic E-state index is 11.5. The predicted molar refractivity (Wildman–Crippen MR) is 71.8 cm³/mol. The van der Waals surface area contributed by atoms with Gasteiger partial charge in [-0.3, -0.25) is 9.59 Å². The Morgan fingerprint density at radius 2 is 2.21 bits per heavy atom. The van der Waals surface area contributed by atoms with Crippen LogP contribution in [0.4, 0.5) is 0 Å². The molecule has 1 rings (SSSR count). The maximum Gasteiger partial charge on any atom is 0.257 e. The smallest absolute Gasteiger partial charge is 0.257 e. The van der Waals surface area contributed by atoms with Crippen molar-refractivity contribution in [3.63, 3.8) is 0 Å². The van der Waals surface area contributed by atoms with Crippen molar-refractivity contribution in [1.82, 2.24) is 5.32 Å². The van der Waals surface area contributed by atoms with E-state index in [1.54, 1.807) is 18.2 Å². The van der Waals surface area contributed by atoms with Crippen molar-refractivity contribution < 1.29 is 19.1 Å². The van der Waals surface area contributed by atoms with Gasteiger partial charge in [0.15, 0.2) is 12.9 Å². The first kappa shape index (κ1) is 15.0. The second-order valence-electron chi connectivity index (χ2n) is 4.01. The van der Waals surface area contributed by atoms with Crippen LogP contribution in [0.5, 0.6) is 11.5 Å². The lowest BCUT2D eigenvalue weighted by Gasteiger charge is -2.10. The van der Waals surface area contributed by atoms with E-state index in [9.17, 15) is 9.59 Å². The summed E-state index contributed by atoms with van der Waals surface area (Å²) in [6.45, 7) is 2.57. The summed E-state index contributed by atoms with van der Waals surface area (Å²) < 4.78 is 10.4. The molecule has 0 unspecified atom stereocenters. The van der Waals surface area contributed by atoms with Gasteiger partial charge < -0.3 is 14.8 Å². The molecule has 0 bridgehead atoms. The summed E-state index contributed by atoms with van der Waals surface area (Å²) in [6.07, 6.45) is 2.64. The second kappa shape index (κ2) is 8.13. The normalized spacial score (nSPS) is 9.79. The molecule has 0 spiro atoms. The lowest BCUT2D eigenvalue weighted by atomic mass is 10.2. The minimum absolute atomic E-state index is 0.113. The van der Waals surface area contributed by atoms with E-state index >= 15 is 0 Å². The molecule has 104 valence electrons. The van der Waals surface area contributed by atoms with Crippen LogP contribution in [0.2, 0.25) is 0 Å². The van der Waals surface area contributed by atoms with Gasteiger partial charge in [0.25, 0.3) is 5.91 Å². The van der Waals surface area contributed by atoms with Crippen molar-refractivity contribution in [2.75, 3.05) is 20.3 Å². The van der Waals surface area contributed by atoms with Crippen LogP contribution < -0.4 is 14.8 Å². The highest BCUT2D eigenvalue weighted by Gasteiger charge is 2.07. The first-order valence-corrected chi connectivity index (χ1v) is 6.24. The number of ether oxygens (including phenoxy) is 2. The van der Waals surface area contributed by atoms with Crippen LogP contribution in [0.1, 0.15) is 30.1 Å². The van der Waals surface area contributed by atoms with Gasteiger partial charge >= 0.3 is 0 Å². The van der Waals surface area contributed by atoms with Gasteiger partial charge in [-0.15, -0.1) is 0 Å². The molecule has 1 aromatic carbocycles. The van der Waals surface area contributed by atoms with Crippen molar-refractivity contribution >= 4 is 12.2 Å². The zero-order valence-corrected chi connectivity index (χ0v) is 11.3. The Kier molecular flexibility index (Phi) is 6.43. The largest absolute Gasteiger partial charge is 0.497 e. The highest BCUT2D eigenvalue weighted by molar-refractivity contribution is 5.81. The van der Waals surface area contributed by atoms with Crippen LogP contribution in [0.3, 0.4) is 0 Å². The molecule has 0 aliphatic carbocycles. The van der Waals surface area contributed by atoms with Gasteiger partial charge in [0.2, 0.25) is 0 Å². The van der Waals surface area contributed by atoms with Crippen molar-refractivity contribution in [2.45, 2.75) is 19.8 Å². The number of unbranched alkanes of at least 4 members (excludes halogenated alkanes) is 1. The molecule has 1 aromatic rings. The van der Waals surface area contributed by atoms with E-state index in [2.05, 4.69) is 12.2 Å². The first-order chi connectivity index (χ1) is 9.21. The molecule has 0 radical (unpaired) electrons. The average molecular weight is 265 g/mol. The fourth-order valence-corrected chi connectivity index (χ4v) is 1.46. The lowest BCUT2D eigenvalue weighted by Crippen LogP contribution is -2.29. The van der Waals surface area contributed by atoms with Gasteiger partial charge in [0, 0.05) is 12.6 Å². The number of hydrogen-bond acceptors (Lipinski definition) is 4. The van der Waals surface area contributed by atoms with E-state index in [-0.39, 0.29) is 12.5 Å². The molecular weight excluding hydrogens is 246 g/mol. The number of carbonyl (C=O) groups excluding carboxylic acids is 2. The summed E-state index contributed by atoms with van der Waals surface area (Å²) in [4.78, 5) is 22.4. The summed E-state index contributed by atoms with van der Waals surface area (Å²) in [6, 6.07) is 4.84. The van der Waals surface area contributed by atoms with Crippen LogP contribution in [0, 0.1) is 0 Å². The first-order valence-electron chi connectivity index (χ1n) is 6.24. The topological polar surface area (TPSA) is 64.6 Å². The molecule has 5 heteroatoms. The van der Waals surface area contributed by atoms with Gasteiger partial charge in [-0.25, -0.2) is 0 Å². The summed E-state index contributed by atoms with van der Waals surface area (Å²) in [5.74, 6) is 0.722. The van der Waals surface area contributed by atoms with Gasteiger partial charge in [0.05, 0.1) is 12.7 Å². The van der Waals surface area contributed by atoms with Gasteiger partial charge in [0.1, 0.15) is 11.5 Å². The van der Waals surface area contributed by atoms with Gasteiger partial charge in [-0.1, -0.05) is 13.3 Å². The quantitative estimate of drug-likeness (QED) is 0.575. The van der Waals surface area contributed by atoms with Crippen molar-refractivity contribution in [3.8, 4) is 11.5 Å². The number of methoxy groups -OCH3 is 1. The van der Waals surface area contributed by atoms with Crippen molar-refractivity contribution in [3.05, 3.63) is 23.8 Å². The number of carbonyl (C=O) groups is 2. The Bertz CT molecular complexity index is 431. The fourth-order valence-electron chi connectivity index (χ4n) is 1.46. The summed E-state index contributed by atoms with van der Waals surface area (Å²) >= 11 is 0. The van der Waals surface area contributed by atoms with E-state index in [4.69, 9.17) is 9.47 Å². The number of hydrogen-bond donors (Lipinski definition) is 1. The fraction of sp³-hybridized carbons (Fsp3) is 0.429. The van der Waals surface area contributed by atoms with Crippen molar-refractivity contribution in [1.29, 1.82) is 0 Å². The molecule has 0 aliphatic rings. The highest BCUT2D eigenvalue weighted by Crippen LogP contribution is 2.23. The third kappa shape index (κ3) is 4.99. The number of nitrogens with one attached hydrogen (secondary N) is 1. The van der Waals surface area contributed by atoms with Gasteiger partial charge in [-0.05, 0) is 18.6 Å². The van der Waals surface area contributed by atoms with E-state index in [0.717, 1.165) is 12.8 Å². The SMILES string of the molecule is CCCCNC(=O)COc1cc(OC)ccc1C=O.